The van der Waals surface area contributed by atoms with Gasteiger partial charge in [-0.25, -0.2) is 0 Å². The molecule has 1 aliphatic carbocycles. The summed E-state index contributed by atoms with van der Waals surface area (Å²) in [7, 11) is 0. The minimum Gasteiger partial charge on any atom is -0.314 e. The fourth-order valence-electron chi connectivity index (χ4n) is 2.52. The SMILES string of the molecule is CCCC1=C2C(=CCC(C)=C1)CCN2C=O. The Bertz CT molecular complexity index is 388. The van der Waals surface area contributed by atoms with E-state index in [1.165, 1.54) is 22.4 Å². The molecule has 1 saturated heterocycles. The molecule has 1 amide bonds. The maximum atomic E-state index is 11.0. The molecule has 2 nitrogen and oxygen atoms in total. The molecule has 0 bridgehead atoms. The topological polar surface area (TPSA) is 20.3 Å². The van der Waals surface area contributed by atoms with Crippen molar-refractivity contribution in [2.24, 2.45) is 0 Å². The van der Waals surface area contributed by atoms with Gasteiger partial charge in [0, 0.05) is 12.2 Å². The minimum absolute atomic E-state index is 0.852. The van der Waals surface area contributed by atoms with Gasteiger partial charge in [-0.3, -0.25) is 4.79 Å². The van der Waals surface area contributed by atoms with Crippen LogP contribution in [0.1, 0.15) is 39.5 Å². The van der Waals surface area contributed by atoms with Crippen LogP contribution in [0.15, 0.2) is 34.6 Å². The molecule has 1 heterocycles. The van der Waals surface area contributed by atoms with E-state index in [0.717, 1.165) is 38.6 Å². The Hall–Kier alpha value is -1.31. The number of likely N-dealkylation sites (tertiary alicyclic amines) is 1. The largest absolute Gasteiger partial charge is 0.314 e. The van der Waals surface area contributed by atoms with E-state index in [4.69, 9.17) is 0 Å². The molecule has 0 aromatic carbocycles. The highest BCUT2D eigenvalue weighted by atomic mass is 16.1. The second kappa shape index (κ2) is 4.69. The van der Waals surface area contributed by atoms with Crippen LogP contribution in [0.25, 0.3) is 0 Å². The van der Waals surface area contributed by atoms with Crippen LogP contribution in [0.3, 0.4) is 0 Å². The van der Waals surface area contributed by atoms with Crippen molar-refractivity contribution in [3.8, 4) is 0 Å². The van der Waals surface area contributed by atoms with E-state index in [9.17, 15) is 4.79 Å². The summed E-state index contributed by atoms with van der Waals surface area (Å²) < 4.78 is 0. The van der Waals surface area contributed by atoms with Gasteiger partial charge >= 0.3 is 0 Å². The molecule has 0 aromatic rings. The Morgan fingerprint density at radius 3 is 3.00 bits per heavy atom. The quantitative estimate of drug-likeness (QED) is 0.665. The molecule has 0 radical (unpaired) electrons. The average Bonchev–Trinajstić information content (AvgIpc) is 2.62. The van der Waals surface area contributed by atoms with Crippen LogP contribution in [0.4, 0.5) is 0 Å². The Balaban J connectivity index is 2.46. The zero-order chi connectivity index (χ0) is 11.5. The first kappa shape index (κ1) is 11.2. The number of hydrogen-bond donors (Lipinski definition) is 0. The normalized spacial score (nSPS) is 20.2. The lowest BCUT2D eigenvalue weighted by Gasteiger charge is -2.15. The van der Waals surface area contributed by atoms with Gasteiger partial charge in [0.15, 0.2) is 0 Å². The van der Waals surface area contributed by atoms with E-state index in [1.807, 2.05) is 4.90 Å². The molecular weight excluding hydrogens is 198 g/mol. The Kier molecular flexibility index (Phi) is 3.28. The molecule has 2 aliphatic rings. The zero-order valence-electron chi connectivity index (χ0n) is 10.1. The molecule has 0 aromatic heterocycles. The molecule has 16 heavy (non-hydrogen) atoms. The lowest BCUT2D eigenvalue weighted by atomic mass is 10.0. The summed E-state index contributed by atoms with van der Waals surface area (Å²) in [6.07, 6.45) is 9.76. The van der Waals surface area contributed by atoms with Crippen molar-refractivity contribution < 1.29 is 4.79 Å². The zero-order valence-corrected chi connectivity index (χ0v) is 10.1. The van der Waals surface area contributed by atoms with Crippen LogP contribution in [0, 0.1) is 0 Å². The molecule has 86 valence electrons. The first-order chi connectivity index (χ1) is 7.76. The first-order valence-corrected chi connectivity index (χ1v) is 6.08. The Labute approximate surface area is 97.3 Å². The van der Waals surface area contributed by atoms with Crippen LogP contribution in [0.5, 0.6) is 0 Å². The second-order valence-corrected chi connectivity index (χ2v) is 4.60. The molecule has 2 rings (SSSR count). The first-order valence-electron chi connectivity index (χ1n) is 6.08. The van der Waals surface area contributed by atoms with Gasteiger partial charge in [0.05, 0.1) is 0 Å². The number of amides is 1. The van der Waals surface area contributed by atoms with Gasteiger partial charge in [-0.2, -0.15) is 0 Å². The van der Waals surface area contributed by atoms with Crippen molar-refractivity contribution in [2.75, 3.05) is 6.54 Å². The lowest BCUT2D eigenvalue weighted by Crippen LogP contribution is -2.16. The highest BCUT2D eigenvalue weighted by Crippen LogP contribution is 2.34. The molecule has 1 aliphatic heterocycles. The number of carbonyl (C=O) groups excluding carboxylic acids is 1. The van der Waals surface area contributed by atoms with Crippen molar-refractivity contribution in [1.82, 2.24) is 4.90 Å². The molecule has 0 atom stereocenters. The van der Waals surface area contributed by atoms with E-state index in [0.29, 0.717) is 0 Å². The predicted molar refractivity (Wildman–Crippen MR) is 65.8 cm³/mol. The lowest BCUT2D eigenvalue weighted by molar-refractivity contribution is -0.115. The minimum atomic E-state index is 0.852. The van der Waals surface area contributed by atoms with E-state index in [2.05, 4.69) is 26.0 Å². The van der Waals surface area contributed by atoms with Crippen molar-refractivity contribution in [3.63, 3.8) is 0 Å². The summed E-state index contributed by atoms with van der Waals surface area (Å²) in [6, 6.07) is 0. The molecule has 0 unspecified atom stereocenters. The van der Waals surface area contributed by atoms with Crippen LogP contribution in [-0.4, -0.2) is 17.9 Å². The monoisotopic (exact) mass is 217 g/mol. The second-order valence-electron chi connectivity index (χ2n) is 4.60. The molecule has 2 heteroatoms. The summed E-state index contributed by atoms with van der Waals surface area (Å²) in [5.74, 6) is 0. The van der Waals surface area contributed by atoms with Crippen LogP contribution in [-0.2, 0) is 4.79 Å². The Morgan fingerprint density at radius 1 is 1.50 bits per heavy atom. The fraction of sp³-hybridized carbons (Fsp3) is 0.500. The third kappa shape index (κ3) is 1.97. The summed E-state index contributed by atoms with van der Waals surface area (Å²) in [5, 5.41) is 0. The average molecular weight is 217 g/mol. The van der Waals surface area contributed by atoms with E-state index in [1.54, 1.807) is 0 Å². The van der Waals surface area contributed by atoms with Crippen LogP contribution >= 0.6 is 0 Å². The van der Waals surface area contributed by atoms with Crippen molar-refractivity contribution in [3.05, 3.63) is 34.6 Å². The summed E-state index contributed by atoms with van der Waals surface area (Å²) in [5.41, 5.74) is 5.29. The number of hydrogen-bond acceptors (Lipinski definition) is 1. The van der Waals surface area contributed by atoms with Crippen molar-refractivity contribution >= 4 is 6.41 Å². The highest BCUT2D eigenvalue weighted by molar-refractivity contribution is 5.60. The number of carbonyl (C=O) groups is 1. The van der Waals surface area contributed by atoms with E-state index >= 15 is 0 Å². The van der Waals surface area contributed by atoms with Crippen molar-refractivity contribution in [2.45, 2.75) is 39.5 Å². The standard InChI is InChI=1S/C14H19NO/c1-3-4-13-9-11(2)5-6-12-7-8-15(10-16)14(12)13/h6,9-10H,3-5,7-8H2,1-2H3. The number of rotatable bonds is 3. The van der Waals surface area contributed by atoms with Crippen molar-refractivity contribution in [1.29, 1.82) is 0 Å². The van der Waals surface area contributed by atoms with E-state index < -0.39 is 0 Å². The third-order valence-electron chi connectivity index (χ3n) is 3.26. The predicted octanol–water partition coefficient (Wildman–Crippen LogP) is 3.18. The fourth-order valence-corrected chi connectivity index (χ4v) is 2.52. The van der Waals surface area contributed by atoms with Gasteiger partial charge in [0.2, 0.25) is 6.41 Å². The molecular formula is C14H19NO. The third-order valence-corrected chi connectivity index (χ3v) is 3.26. The van der Waals surface area contributed by atoms with Gasteiger partial charge in [0.25, 0.3) is 0 Å². The number of allylic oxidation sites excluding steroid dienone is 5. The summed E-state index contributed by atoms with van der Waals surface area (Å²) >= 11 is 0. The van der Waals surface area contributed by atoms with Gasteiger partial charge < -0.3 is 4.90 Å². The number of nitrogens with zero attached hydrogens (tertiary/aromatic N) is 1. The van der Waals surface area contributed by atoms with Crippen LogP contribution in [0.2, 0.25) is 0 Å². The van der Waals surface area contributed by atoms with Gasteiger partial charge in [-0.05, 0) is 37.3 Å². The highest BCUT2D eigenvalue weighted by Gasteiger charge is 2.25. The van der Waals surface area contributed by atoms with E-state index in [-0.39, 0.29) is 0 Å². The molecule has 0 spiro atoms. The van der Waals surface area contributed by atoms with Gasteiger partial charge in [-0.15, -0.1) is 0 Å². The molecule has 1 fully saturated rings. The molecule has 0 N–H and O–H groups in total. The summed E-state index contributed by atoms with van der Waals surface area (Å²) in [6.45, 7) is 5.20. The van der Waals surface area contributed by atoms with Gasteiger partial charge in [0.1, 0.15) is 0 Å². The van der Waals surface area contributed by atoms with Gasteiger partial charge in [-0.1, -0.05) is 31.1 Å². The summed E-state index contributed by atoms with van der Waals surface area (Å²) in [4.78, 5) is 12.9. The maximum absolute atomic E-state index is 11.0. The molecule has 0 saturated carbocycles. The maximum Gasteiger partial charge on any atom is 0.214 e. The smallest absolute Gasteiger partial charge is 0.214 e. The van der Waals surface area contributed by atoms with Crippen LogP contribution < -0.4 is 0 Å². The number of fused-ring (bicyclic) bond motifs is 1. The Morgan fingerprint density at radius 2 is 2.31 bits per heavy atom.